The lowest BCUT2D eigenvalue weighted by atomic mass is 10.00. The van der Waals surface area contributed by atoms with Crippen LogP contribution in [-0.4, -0.2) is 16.7 Å². The van der Waals surface area contributed by atoms with E-state index < -0.39 is 0 Å². The molecule has 4 nitrogen and oxygen atoms in total. The molecule has 1 heterocycles. The minimum atomic E-state index is -0.320. The van der Waals surface area contributed by atoms with Gasteiger partial charge in [-0.3, -0.25) is 9.59 Å². The Balaban J connectivity index is 1.61. The van der Waals surface area contributed by atoms with Crippen LogP contribution >= 0.6 is 0 Å². The van der Waals surface area contributed by atoms with Crippen LogP contribution in [0.3, 0.4) is 0 Å². The molecule has 30 heavy (non-hydrogen) atoms. The van der Waals surface area contributed by atoms with E-state index in [9.17, 15) is 9.59 Å². The van der Waals surface area contributed by atoms with E-state index in [0.29, 0.717) is 6.54 Å². The number of rotatable bonds is 6. The van der Waals surface area contributed by atoms with Gasteiger partial charge in [0.1, 0.15) is 0 Å². The van der Waals surface area contributed by atoms with Gasteiger partial charge in [-0.05, 0) is 42.2 Å². The smallest absolute Gasteiger partial charge is 0.255 e. The summed E-state index contributed by atoms with van der Waals surface area (Å²) in [5, 5.41) is 3.06. The Morgan fingerprint density at radius 3 is 2.43 bits per heavy atom. The molecule has 0 fully saturated rings. The molecule has 2 amide bonds. The number of fused-ring (bicyclic) bond motifs is 1. The molecule has 0 unspecified atom stereocenters. The number of hydrogen-bond donors (Lipinski definition) is 1. The first-order chi connectivity index (χ1) is 14.6. The molecule has 152 valence electrons. The monoisotopic (exact) mass is 398 g/mol. The zero-order valence-electron chi connectivity index (χ0n) is 17.4. The number of carbonyl (C=O) groups is 2. The molecule has 3 aromatic rings. The topological polar surface area (TPSA) is 49.4 Å². The summed E-state index contributed by atoms with van der Waals surface area (Å²) in [5.41, 5.74) is 5.80. The van der Waals surface area contributed by atoms with Crippen molar-refractivity contribution in [1.82, 2.24) is 4.90 Å². The van der Waals surface area contributed by atoms with Crippen molar-refractivity contribution < 1.29 is 9.59 Å². The highest BCUT2D eigenvalue weighted by atomic mass is 16.2. The van der Waals surface area contributed by atoms with Crippen LogP contribution in [-0.2, 0) is 17.8 Å². The highest BCUT2D eigenvalue weighted by molar-refractivity contribution is 5.99. The average Bonchev–Trinajstić information content (AvgIpc) is 3.10. The highest BCUT2D eigenvalue weighted by Crippen LogP contribution is 2.34. The van der Waals surface area contributed by atoms with Gasteiger partial charge in [-0.25, -0.2) is 0 Å². The molecule has 4 rings (SSSR count). The summed E-state index contributed by atoms with van der Waals surface area (Å²) in [4.78, 5) is 28.0. The van der Waals surface area contributed by atoms with E-state index >= 15 is 0 Å². The molecule has 4 heteroatoms. The third-order valence-corrected chi connectivity index (χ3v) is 5.74. The number of benzene rings is 3. The van der Waals surface area contributed by atoms with Crippen molar-refractivity contribution in [3.05, 3.63) is 101 Å². The van der Waals surface area contributed by atoms with Crippen LogP contribution in [0.4, 0.5) is 5.69 Å². The Hall–Kier alpha value is -3.40. The summed E-state index contributed by atoms with van der Waals surface area (Å²) in [5.74, 6) is -0.108. The van der Waals surface area contributed by atoms with Gasteiger partial charge in [0, 0.05) is 17.8 Å². The van der Waals surface area contributed by atoms with Crippen molar-refractivity contribution >= 4 is 17.5 Å². The van der Waals surface area contributed by atoms with Gasteiger partial charge in [-0.2, -0.15) is 0 Å². The van der Waals surface area contributed by atoms with Crippen LogP contribution in [0.1, 0.15) is 52.0 Å². The number of nitrogens with zero attached hydrogens (tertiary/aromatic N) is 1. The summed E-state index contributed by atoms with van der Waals surface area (Å²) < 4.78 is 0. The SMILES string of the molecule is CCc1ccccc1NC(=O)C[C@H](c1ccc(C)cc1)N1Cc2ccccc2C1=O. The van der Waals surface area contributed by atoms with E-state index in [0.717, 1.165) is 39.9 Å². The first kappa shape index (κ1) is 19.9. The predicted molar refractivity (Wildman–Crippen MR) is 119 cm³/mol. The molecule has 0 radical (unpaired) electrons. The Bertz CT molecular complexity index is 1070. The van der Waals surface area contributed by atoms with Crippen LogP contribution in [0.5, 0.6) is 0 Å². The average molecular weight is 399 g/mol. The van der Waals surface area contributed by atoms with Gasteiger partial charge in [0.25, 0.3) is 5.91 Å². The van der Waals surface area contributed by atoms with E-state index in [1.165, 1.54) is 0 Å². The number of anilines is 1. The molecule has 0 aliphatic carbocycles. The van der Waals surface area contributed by atoms with E-state index in [-0.39, 0.29) is 24.3 Å². The summed E-state index contributed by atoms with van der Waals surface area (Å²) in [6.07, 6.45) is 1.05. The van der Waals surface area contributed by atoms with Crippen molar-refractivity contribution in [2.45, 2.75) is 39.3 Å². The quantitative estimate of drug-likeness (QED) is 0.614. The highest BCUT2D eigenvalue weighted by Gasteiger charge is 2.34. The van der Waals surface area contributed by atoms with Gasteiger partial charge in [-0.1, -0.05) is 73.2 Å². The number of aryl methyl sites for hydroxylation is 2. The van der Waals surface area contributed by atoms with Crippen LogP contribution in [0.25, 0.3) is 0 Å². The van der Waals surface area contributed by atoms with Gasteiger partial charge < -0.3 is 10.2 Å². The summed E-state index contributed by atoms with van der Waals surface area (Å²) in [7, 11) is 0. The predicted octanol–water partition coefficient (Wildman–Crippen LogP) is 5.28. The first-order valence-electron chi connectivity index (χ1n) is 10.4. The van der Waals surface area contributed by atoms with Crippen LogP contribution in [0.2, 0.25) is 0 Å². The van der Waals surface area contributed by atoms with Gasteiger partial charge >= 0.3 is 0 Å². The maximum Gasteiger partial charge on any atom is 0.255 e. The maximum atomic E-state index is 13.1. The second kappa shape index (κ2) is 8.54. The third kappa shape index (κ3) is 3.99. The second-order valence-electron chi connectivity index (χ2n) is 7.78. The Morgan fingerprint density at radius 1 is 1.00 bits per heavy atom. The lowest BCUT2D eigenvalue weighted by Gasteiger charge is -2.28. The molecule has 3 aromatic carbocycles. The molecule has 1 N–H and O–H groups in total. The van der Waals surface area contributed by atoms with Crippen LogP contribution < -0.4 is 5.32 Å². The number of para-hydroxylation sites is 1. The standard InChI is InChI=1S/C26H26N2O2/c1-3-19-8-5-7-11-23(19)27-25(29)16-24(20-14-12-18(2)13-15-20)28-17-21-9-4-6-10-22(21)26(28)30/h4-15,24H,3,16-17H2,1-2H3,(H,27,29)/t24-/m1/s1. The van der Waals surface area contributed by atoms with Gasteiger partial charge in [0.05, 0.1) is 12.5 Å². The fourth-order valence-electron chi connectivity index (χ4n) is 4.05. The second-order valence-corrected chi connectivity index (χ2v) is 7.78. The molecule has 0 spiro atoms. The minimum absolute atomic E-state index is 0.0158. The number of hydrogen-bond acceptors (Lipinski definition) is 2. The third-order valence-electron chi connectivity index (χ3n) is 5.74. The molecule has 0 saturated heterocycles. The zero-order chi connectivity index (χ0) is 21.1. The zero-order valence-corrected chi connectivity index (χ0v) is 17.4. The molecule has 0 aromatic heterocycles. The summed E-state index contributed by atoms with van der Waals surface area (Å²) in [6, 6.07) is 23.3. The summed E-state index contributed by atoms with van der Waals surface area (Å²) >= 11 is 0. The number of amides is 2. The summed E-state index contributed by atoms with van der Waals surface area (Å²) in [6.45, 7) is 4.62. The normalized spacial score (nSPS) is 13.8. The Kier molecular flexibility index (Phi) is 5.66. The Morgan fingerprint density at radius 2 is 1.70 bits per heavy atom. The number of nitrogens with one attached hydrogen (secondary N) is 1. The molecule has 0 saturated carbocycles. The van der Waals surface area contributed by atoms with Gasteiger partial charge in [0.15, 0.2) is 0 Å². The van der Waals surface area contributed by atoms with Crippen molar-refractivity contribution in [3.8, 4) is 0 Å². The van der Waals surface area contributed by atoms with E-state index in [4.69, 9.17) is 0 Å². The van der Waals surface area contributed by atoms with E-state index in [2.05, 4.69) is 12.2 Å². The lowest BCUT2D eigenvalue weighted by molar-refractivity contribution is -0.117. The van der Waals surface area contributed by atoms with Gasteiger partial charge in [0.2, 0.25) is 5.91 Å². The lowest BCUT2D eigenvalue weighted by Crippen LogP contribution is -2.32. The maximum absolute atomic E-state index is 13.1. The molecule has 1 aliphatic rings. The van der Waals surface area contributed by atoms with Crippen molar-refractivity contribution in [1.29, 1.82) is 0 Å². The fraction of sp³-hybridized carbons (Fsp3) is 0.231. The van der Waals surface area contributed by atoms with Gasteiger partial charge in [-0.15, -0.1) is 0 Å². The fourth-order valence-corrected chi connectivity index (χ4v) is 4.05. The van der Waals surface area contributed by atoms with E-state index in [1.807, 2.05) is 84.6 Å². The van der Waals surface area contributed by atoms with Crippen molar-refractivity contribution in [3.63, 3.8) is 0 Å². The minimum Gasteiger partial charge on any atom is -0.327 e. The Labute approximate surface area is 177 Å². The van der Waals surface area contributed by atoms with Crippen molar-refractivity contribution in [2.75, 3.05) is 5.32 Å². The van der Waals surface area contributed by atoms with E-state index in [1.54, 1.807) is 0 Å². The molecular weight excluding hydrogens is 372 g/mol. The molecular formula is C26H26N2O2. The van der Waals surface area contributed by atoms with Crippen LogP contribution in [0.15, 0.2) is 72.8 Å². The van der Waals surface area contributed by atoms with Crippen molar-refractivity contribution in [2.24, 2.45) is 0 Å². The molecule has 1 aliphatic heterocycles. The number of carbonyl (C=O) groups excluding carboxylic acids is 2. The molecule has 0 bridgehead atoms. The van der Waals surface area contributed by atoms with Crippen LogP contribution in [0, 0.1) is 6.92 Å². The first-order valence-corrected chi connectivity index (χ1v) is 10.4. The molecule has 1 atom stereocenters. The largest absolute Gasteiger partial charge is 0.327 e.